The van der Waals surface area contributed by atoms with Crippen LogP contribution in [-0.4, -0.2) is 25.0 Å². The van der Waals surface area contributed by atoms with Gasteiger partial charge in [-0.05, 0) is 62.0 Å². The molecule has 0 spiro atoms. The highest BCUT2D eigenvalue weighted by atomic mass is 15.1. The second kappa shape index (κ2) is 7.46. The predicted molar refractivity (Wildman–Crippen MR) is 94.1 cm³/mol. The molecule has 1 fully saturated rings. The molecule has 1 N–H and O–H groups in total. The summed E-state index contributed by atoms with van der Waals surface area (Å²) in [7, 11) is 2.24. The molecule has 0 radical (unpaired) electrons. The molecule has 0 aromatic heterocycles. The van der Waals surface area contributed by atoms with Crippen molar-refractivity contribution in [2.75, 3.05) is 25.5 Å². The molecule has 116 valence electrons. The lowest BCUT2D eigenvalue weighted by Crippen LogP contribution is -2.32. The van der Waals surface area contributed by atoms with Crippen LogP contribution < -0.4 is 5.32 Å². The Kier molecular flexibility index (Phi) is 5.12. The summed E-state index contributed by atoms with van der Waals surface area (Å²) in [5.74, 6) is 0.821. The molecule has 1 atom stereocenters. The first-order valence-electron chi connectivity index (χ1n) is 8.35. The third-order valence-electron chi connectivity index (χ3n) is 4.54. The van der Waals surface area contributed by atoms with Crippen LogP contribution in [0.4, 0.5) is 5.69 Å². The van der Waals surface area contributed by atoms with Crippen molar-refractivity contribution in [1.82, 2.24) is 4.90 Å². The molecule has 1 unspecified atom stereocenters. The van der Waals surface area contributed by atoms with Gasteiger partial charge in [-0.3, -0.25) is 0 Å². The van der Waals surface area contributed by atoms with E-state index < -0.39 is 0 Å². The quantitative estimate of drug-likeness (QED) is 0.890. The SMILES string of the molecule is CN1CCCC(Cc2ccc(NCc3ccccc3)cc2)C1. The number of hydrogen-bond acceptors (Lipinski definition) is 2. The normalized spacial score (nSPS) is 19.0. The maximum absolute atomic E-state index is 3.49. The summed E-state index contributed by atoms with van der Waals surface area (Å²) in [6.45, 7) is 3.39. The van der Waals surface area contributed by atoms with E-state index >= 15 is 0 Å². The van der Waals surface area contributed by atoms with Gasteiger partial charge in [-0.2, -0.15) is 0 Å². The van der Waals surface area contributed by atoms with Crippen LogP contribution in [0.15, 0.2) is 54.6 Å². The van der Waals surface area contributed by atoms with Crippen molar-refractivity contribution in [2.45, 2.75) is 25.8 Å². The first kappa shape index (κ1) is 15.1. The lowest BCUT2D eigenvalue weighted by molar-refractivity contribution is 0.209. The number of rotatable bonds is 5. The molecule has 1 saturated heterocycles. The minimum Gasteiger partial charge on any atom is -0.381 e. The molecule has 2 aromatic carbocycles. The molecule has 0 saturated carbocycles. The van der Waals surface area contributed by atoms with Gasteiger partial charge in [-0.1, -0.05) is 42.5 Å². The number of piperidine rings is 1. The van der Waals surface area contributed by atoms with Crippen molar-refractivity contribution in [2.24, 2.45) is 5.92 Å². The van der Waals surface area contributed by atoms with Gasteiger partial charge in [-0.15, -0.1) is 0 Å². The van der Waals surface area contributed by atoms with Gasteiger partial charge in [0.25, 0.3) is 0 Å². The van der Waals surface area contributed by atoms with Gasteiger partial charge in [0.1, 0.15) is 0 Å². The maximum Gasteiger partial charge on any atom is 0.0400 e. The van der Waals surface area contributed by atoms with E-state index in [0.717, 1.165) is 12.5 Å². The van der Waals surface area contributed by atoms with Gasteiger partial charge in [0.05, 0.1) is 0 Å². The third-order valence-corrected chi connectivity index (χ3v) is 4.54. The van der Waals surface area contributed by atoms with Gasteiger partial charge in [-0.25, -0.2) is 0 Å². The minimum atomic E-state index is 0.821. The van der Waals surface area contributed by atoms with E-state index in [1.165, 1.54) is 49.2 Å². The Labute approximate surface area is 134 Å². The number of nitrogens with zero attached hydrogens (tertiary/aromatic N) is 1. The largest absolute Gasteiger partial charge is 0.381 e. The molecule has 3 rings (SSSR count). The molecular weight excluding hydrogens is 268 g/mol. The van der Waals surface area contributed by atoms with E-state index in [2.05, 4.69) is 71.9 Å². The molecule has 1 aliphatic heterocycles. The molecule has 22 heavy (non-hydrogen) atoms. The average Bonchev–Trinajstić information content (AvgIpc) is 2.55. The Hall–Kier alpha value is -1.80. The van der Waals surface area contributed by atoms with Crippen molar-refractivity contribution in [1.29, 1.82) is 0 Å². The molecule has 0 amide bonds. The predicted octanol–water partition coefficient (Wildman–Crippen LogP) is 4.18. The van der Waals surface area contributed by atoms with Crippen LogP contribution >= 0.6 is 0 Å². The summed E-state index contributed by atoms with van der Waals surface area (Å²) in [5, 5.41) is 3.49. The molecule has 2 heteroatoms. The summed E-state index contributed by atoms with van der Waals surface area (Å²) < 4.78 is 0. The van der Waals surface area contributed by atoms with Crippen molar-refractivity contribution < 1.29 is 0 Å². The van der Waals surface area contributed by atoms with Gasteiger partial charge in [0, 0.05) is 18.8 Å². The van der Waals surface area contributed by atoms with Crippen LogP contribution in [0.25, 0.3) is 0 Å². The summed E-state index contributed by atoms with van der Waals surface area (Å²) in [4.78, 5) is 2.46. The van der Waals surface area contributed by atoms with Crippen LogP contribution in [0.1, 0.15) is 24.0 Å². The lowest BCUT2D eigenvalue weighted by atomic mass is 9.91. The molecule has 2 nitrogen and oxygen atoms in total. The Bertz CT molecular complexity index is 562. The van der Waals surface area contributed by atoms with Gasteiger partial charge >= 0.3 is 0 Å². The zero-order valence-corrected chi connectivity index (χ0v) is 13.5. The Balaban J connectivity index is 1.51. The van der Waals surface area contributed by atoms with Crippen molar-refractivity contribution in [3.8, 4) is 0 Å². The molecule has 1 heterocycles. The highest BCUT2D eigenvalue weighted by molar-refractivity contribution is 5.45. The minimum absolute atomic E-state index is 0.821. The Morgan fingerprint density at radius 3 is 2.50 bits per heavy atom. The van der Waals surface area contributed by atoms with E-state index in [4.69, 9.17) is 0 Å². The molecule has 0 bridgehead atoms. The number of anilines is 1. The fourth-order valence-corrected chi connectivity index (χ4v) is 3.33. The van der Waals surface area contributed by atoms with Crippen molar-refractivity contribution in [3.63, 3.8) is 0 Å². The van der Waals surface area contributed by atoms with Crippen LogP contribution in [0.2, 0.25) is 0 Å². The van der Waals surface area contributed by atoms with E-state index in [-0.39, 0.29) is 0 Å². The number of hydrogen-bond donors (Lipinski definition) is 1. The molecule has 0 aliphatic carbocycles. The third kappa shape index (κ3) is 4.35. The fourth-order valence-electron chi connectivity index (χ4n) is 3.33. The first-order valence-corrected chi connectivity index (χ1v) is 8.35. The zero-order chi connectivity index (χ0) is 15.2. The van der Waals surface area contributed by atoms with Crippen LogP contribution in [0.3, 0.4) is 0 Å². The molecule has 1 aliphatic rings. The standard InChI is InChI=1S/C20H26N2/c1-22-13-5-8-19(16-22)14-17-9-11-20(12-10-17)21-15-18-6-3-2-4-7-18/h2-4,6-7,9-12,19,21H,5,8,13-16H2,1H3. The smallest absolute Gasteiger partial charge is 0.0400 e. The molecular formula is C20H26N2. The first-order chi connectivity index (χ1) is 10.8. The van der Waals surface area contributed by atoms with E-state index in [0.29, 0.717) is 0 Å². The second-order valence-corrected chi connectivity index (χ2v) is 6.51. The van der Waals surface area contributed by atoms with Gasteiger partial charge in [0.15, 0.2) is 0 Å². The summed E-state index contributed by atoms with van der Waals surface area (Å²) in [6.07, 6.45) is 3.93. The maximum atomic E-state index is 3.49. The lowest BCUT2D eigenvalue weighted by Gasteiger charge is -2.29. The topological polar surface area (TPSA) is 15.3 Å². The van der Waals surface area contributed by atoms with Crippen LogP contribution in [0, 0.1) is 5.92 Å². The average molecular weight is 294 g/mol. The highest BCUT2D eigenvalue weighted by Gasteiger charge is 2.17. The molecule has 2 aromatic rings. The van der Waals surface area contributed by atoms with Crippen LogP contribution in [-0.2, 0) is 13.0 Å². The van der Waals surface area contributed by atoms with Gasteiger partial charge < -0.3 is 10.2 Å². The van der Waals surface area contributed by atoms with Gasteiger partial charge in [0.2, 0.25) is 0 Å². The summed E-state index contributed by atoms with van der Waals surface area (Å²) >= 11 is 0. The van der Waals surface area contributed by atoms with E-state index in [1.54, 1.807) is 0 Å². The van der Waals surface area contributed by atoms with Crippen molar-refractivity contribution in [3.05, 3.63) is 65.7 Å². The highest BCUT2D eigenvalue weighted by Crippen LogP contribution is 2.21. The number of nitrogens with one attached hydrogen (secondary N) is 1. The summed E-state index contributed by atoms with van der Waals surface area (Å²) in [6, 6.07) is 19.5. The van der Waals surface area contributed by atoms with E-state index in [1.807, 2.05) is 0 Å². The Morgan fingerprint density at radius 1 is 1.00 bits per heavy atom. The Morgan fingerprint density at radius 2 is 1.77 bits per heavy atom. The second-order valence-electron chi connectivity index (χ2n) is 6.51. The fraction of sp³-hybridized carbons (Fsp3) is 0.400. The summed E-state index contributed by atoms with van der Waals surface area (Å²) in [5.41, 5.74) is 3.98. The van der Waals surface area contributed by atoms with Crippen molar-refractivity contribution >= 4 is 5.69 Å². The number of benzene rings is 2. The number of likely N-dealkylation sites (tertiary alicyclic amines) is 1. The van der Waals surface area contributed by atoms with Crippen LogP contribution in [0.5, 0.6) is 0 Å². The monoisotopic (exact) mass is 294 g/mol. The zero-order valence-electron chi connectivity index (χ0n) is 13.5. The van der Waals surface area contributed by atoms with E-state index in [9.17, 15) is 0 Å².